The van der Waals surface area contributed by atoms with Crippen LogP contribution < -0.4 is 4.90 Å². The molecule has 0 saturated carbocycles. The van der Waals surface area contributed by atoms with Gasteiger partial charge in [-0.25, -0.2) is 0 Å². The van der Waals surface area contributed by atoms with Gasteiger partial charge in [0.25, 0.3) is 11.1 Å². The predicted octanol–water partition coefficient (Wildman–Crippen LogP) is 2.81. The van der Waals surface area contributed by atoms with Gasteiger partial charge in [0.2, 0.25) is 5.91 Å². The molecule has 0 spiro atoms. The summed E-state index contributed by atoms with van der Waals surface area (Å²) in [7, 11) is 0. The number of rotatable bonds is 6. The molecule has 6 nitrogen and oxygen atoms in total. The van der Waals surface area contributed by atoms with Crippen LogP contribution in [-0.2, 0) is 9.59 Å². The Bertz CT molecular complexity index is 834. The molecule has 0 radical (unpaired) electrons. The lowest BCUT2D eigenvalue weighted by Crippen LogP contribution is -2.43. The maximum Gasteiger partial charge on any atom is 0.294 e. The Morgan fingerprint density at radius 1 is 1.15 bits per heavy atom. The lowest BCUT2D eigenvalue weighted by atomic mass is 10.2. The number of aliphatic hydroxyl groups is 1. The molecule has 1 saturated heterocycles. The molecule has 26 heavy (non-hydrogen) atoms. The number of thiophene rings is 1. The van der Waals surface area contributed by atoms with Crippen molar-refractivity contribution in [3.05, 3.63) is 57.6 Å². The average Bonchev–Trinajstić information content (AvgIpc) is 3.24. The highest BCUT2D eigenvalue weighted by Crippen LogP contribution is 2.33. The summed E-state index contributed by atoms with van der Waals surface area (Å²) >= 11 is 2.29. The molecule has 1 aliphatic heterocycles. The van der Waals surface area contributed by atoms with Crippen molar-refractivity contribution in [2.24, 2.45) is 0 Å². The van der Waals surface area contributed by atoms with E-state index in [0.717, 1.165) is 21.5 Å². The number of amides is 3. The average molecular weight is 388 g/mol. The van der Waals surface area contributed by atoms with Gasteiger partial charge >= 0.3 is 0 Å². The monoisotopic (exact) mass is 388 g/mol. The number of thioether (sulfide) groups is 1. The van der Waals surface area contributed by atoms with E-state index in [-0.39, 0.29) is 19.7 Å². The first-order chi connectivity index (χ1) is 12.6. The van der Waals surface area contributed by atoms with Crippen molar-refractivity contribution in [1.29, 1.82) is 0 Å². The summed E-state index contributed by atoms with van der Waals surface area (Å²) in [6.07, 6.45) is 1.66. The smallest absolute Gasteiger partial charge is 0.294 e. The fraction of sp³-hybridized carbons (Fsp3) is 0.167. The van der Waals surface area contributed by atoms with Gasteiger partial charge in [-0.1, -0.05) is 24.3 Å². The summed E-state index contributed by atoms with van der Waals surface area (Å²) in [6, 6.07) is 12.5. The van der Waals surface area contributed by atoms with Crippen LogP contribution in [0.5, 0.6) is 0 Å². The van der Waals surface area contributed by atoms with Crippen molar-refractivity contribution >= 4 is 51.9 Å². The van der Waals surface area contributed by atoms with Crippen LogP contribution in [0.4, 0.5) is 10.5 Å². The normalized spacial score (nSPS) is 15.7. The second kappa shape index (κ2) is 8.31. The quantitative estimate of drug-likeness (QED) is 0.770. The Labute approximate surface area is 158 Å². The predicted molar refractivity (Wildman–Crippen MR) is 103 cm³/mol. The maximum absolute atomic E-state index is 12.6. The van der Waals surface area contributed by atoms with E-state index in [1.165, 1.54) is 16.2 Å². The Hall–Kier alpha value is -2.42. The molecule has 1 N–H and O–H groups in total. The van der Waals surface area contributed by atoms with Crippen LogP contribution in [0.25, 0.3) is 6.08 Å². The van der Waals surface area contributed by atoms with Crippen LogP contribution in [0.15, 0.2) is 52.7 Å². The van der Waals surface area contributed by atoms with Crippen LogP contribution in [0.3, 0.4) is 0 Å². The number of hydrogen-bond donors (Lipinski definition) is 1. The minimum atomic E-state index is -0.473. The van der Waals surface area contributed by atoms with Crippen molar-refractivity contribution in [3.63, 3.8) is 0 Å². The number of imide groups is 1. The van der Waals surface area contributed by atoms with Gasteiger partial charge in [0, 0.05) is 17.1 Å². The zero-order valence-electron chi connectivity index (χ0n) is 13.7. The van der Waals surface area contributed by atoms with E-state index < -0.39 is 17.1 Å². The van der Waals surface area contributed by atoms with Gasteiger partial charge in [0.15, 0.2) is 0 Å². The number of hydrogen-bond acceptors (Lipinski definition) is 6. The number of carbonyl (C=O) groups excluding carboxylic acids is 3. The fourth-order valence-corrected chi connectivity index (χ4v) is 4.03. The second-order valence-electron chi connectivity index (χ2n) is 5.39. The van der Waals surface area contributed by atoms with Crippen LogP contribution in [-0.4, -0.2) is 46.8 Å². The molecule has 1 fully saturated rings. The standard InChI is InChI=1S/C18H16N2O4S2/c21-9-8-19(13-5-2-1-3-6-13)16(22)12-20-17(23)15(26-18(20)24)11-14-7-4-10-25-14/h1-7,10-11,21H,8-9,12H2/b15-11-. The molecule has 2 aromatic rings. The zero-order chi connectivity index (χ0) is 18.5. The molecule has 0 bridgehead atoms. The molecule has 1 aromatic heterocycles. The van der Waals surface area contributed by atoms with Crippen molar-refractivity contribution < 1.29 is 19.5 Å². The summed E-state index contributed by atoms with van der Waals surface area (Å²) in [5.74, 6) is -0.899. The lowest BCUT2D eigenvalue weighted by molar-refractivity contribution is -0.128. The van der Waals surface area contributed by atoms with E-state index in [2.05, 4.69) is 0 Å². The summed E-state index contributed by atoms with van der Waals surface area (Å²) < 4.78 is 0. The fourth-order valence-electron chi connectivity index (χ4n) is 2.47. The van der Waals surface area contributed by atoms with Gasteiger partial charge in [0.1, 0.15) is 6.54 Å². The highest BCUT2D eigenvalue weighted by Gasteiger charge is 2.37. The molecule has 0 unspecified atom stereocenters. The number of para-hydroxylation sites is 1. The van der Waals surface area contributed by atoms with Gasteiger partial charge in [-0.2, -0.15) is 0 Å². The first-order valence-corrected chi connectivity index (χ1v) is 9.55. The van der Waals surface area contributed by atoms with Gasteiger partial charge < -0.3 is 10.0 Å². The number of aliphatic hydroxyl groups excluding tert-OH is 1. The Morgan fingerprint density at radius 3 is 2.58 bits per heavy atom. The second-order valence-corrected chi connectivity index (χ2v) is 7.36. The number of carbonyl (C=O) groups is 3. The highest BCUT2D eigenvalue weighted by molar-refractivity contribution is 8.18. The molecule has 1 aliphatic rings. The van der Waals surface area contributed by atoms with Crippen LogP contribution in [0.1, 0.15) is 4.88 Å². The minimum absolute atomic E-state index is 0.0874. The lowest BCUT2D eigenvalue weighted by Gasteiger charge is -2.23. The molecule has 8 heteroatoms. The molecular formula is C18H16N2O4S2. The molecule has 3 amide bonds. The van der Waals surface area contributed by atoms with Crippen molar-refractivity contribution in [3.8, 4) is 0 Å². The van der Waals surface area contributed by atoms with Gasteiger partial charge in [0.05, 0.1) is 11.5 Å². The summed E-state index contributed by atoms with van der Waals surface area (Å²) in [5, 5.41) is 10.7. The van der Waals surface area contributed by atoms with E-state index in [9.17, 15) is 19.5 Å². The van der Waals surface area contributed by atoms with Crippen molar-refractivity contribution in [2.75, 3.05) is 24.6 Å². The Kier molecular flexibility index (Phi) is 5.87. The molecule has 0 aliphatic carbocycles. The molecule has 2 heterocycles. The first kappa shape index (κ1) is 18.4. The molecular weight excluding hydrogens is 372 g/mol. The van der Waals surface area contributed by atoms with Gasteiger partial charge in [-0.05, 0) is 41.4 Å². The SMILES string of the molecule is O=C1S/C(=C\c2cccs2)C(=O)N1CC(=O)N(CCO)c1ccccc1. The van der Waals surface area contributed by atoms with Crippen LogP contribution in [0.2, 0.25) is 0 Å². The molecule has 134 valence electrons. The topological polar surface area (TPSA) is 77.9 Å². The van der Waals surface area contributed by atoms with E-state index in [1.807, 2.05) is 23.6 Å². The molecule has 0 atom stereocenters. The minimum Gasteiger partial charge on any atom is -0.395 e. The third-order valence-electron chi connectivity index (χ3n) is 3.68. The Morgan fingerprint density at radius 2 is 1.92 bits per heavy atom. The van der Waals surface area contributed by atoms with Crippen molar-refractivity contribution in [1.82, 2.24) is 4.90 Å². The maximum atomic E-state index is 12.6. The van der Waals surface area contributed by atoms with Gasteiger partial charge in [-0.15, -0.1) is 11.3 Å². The number of benzene rings is 1. The molecule has 3 rings (SSSR count). The van der Waals surface area contributed by atoms with Crippen molar-refractivity contribution in [2.45, 2.75) is 0 Å². The number of nitrogens with zero attached hydrogens (tertiary/aromatic N) is 2. The van der Waals surface area contributed by atoms with Crippen LogP contribution >= 0.6 is 23.1 Å². The number of anilines is 1. The van der Waals surface area contributed by atoms with E-state index >= 15 is 0 Å². The summed E-state index contributed by atoms with van der Waals surface area (Å²) in [6.45, 7) is -0.494. The van der Waals surface area contributed by atoms with E-state index in [1.54, 1.807) is 30.3 Å². The third-order valence-corrected chi connectivity index (χ3v) is 5.40. The largest absolute Gasteiger partial charge is 0.395 e. The highest BCUT2D eigenvalue weighted by atomic mass is 32.2. The molecule has 1 aromatic carbocycles. The first-order valence-electron chi connectivity index (χ1n) is 7.85. The van der Waals surface area contributed by atoms with E-state index in [0.29, 0.717) is 10.6 Å². The zero-order valence-corrected chi connectivity index (χ0v) is 15.3. The third kappa shape index (κ3) is 4.04. The van der Waals surface area contributed by atoms with Gasteiger partial charge in [-0.3, -0.25) is 19.3 Å². The summed E-state index contributed by atoms with van der Waals surface area (Å²) in [4.78, 5) is 40.8. The summed E-state index contributed by atoms with van der Waals surface area (Å²) in [5.41, 5.74) is 0.604. The van der Waals surface area contributed by atoms with Crippen LogP contribution in [0, 0.1) is 0 Å². The van der Waals surface area contributed by atoms with E-state index in [4.69, 9.17) is 0 Å². The Balaban J connectivity index is 1.75.